The third-order valence-corrected chi connectivity index (χ3v) is 4.59. The van der Waals surface area contributed by atoms with Crippen LogP contribution in [0, 0.1) is 12.7 Å². The van der Waals surface area contributed by atoms with Crippen molar-refractivity contribution in [2.24, 2.45) is 0 Å². The van der Waals surface area contributed by atoms with E-state index in [1.165, 1.54) is 16.9 Å². The zero-order chi connectivity index (χ0) is 21.1. The lowest BCUT2D eigenvalue weighted by molar-refractivity contribution is 0.0795. The lowest BCUT2D eigenvalue weighted by Crippen LogP contribution is -2.30. The number of hydrogen-bond donors (Lipinski definition) is 0. The molecular formula is C21H19FN6O2. The van der Waals surface area contributed by atoms with Crippen LogP contribution in [-0.2, 0) is 6.42 Å². The summed E-state index contributed by atoms with van der Waals surface area (Å²) >= 11 is 0. The highest BCUT2D eigenvalue weighted by Crippen LogP contribution is 2.19. The Morgan fingerprint density at radius 1 is 1.13 bits per heavy atom. The highest BCUT2D eigenvalue weighted by molar-refractivity contribution is 5.97. The van der Waals surface area contributed by atoms with Gasteiger partial charge in [0, 0.05) is 25.6 Å². The summed E-state index contributed by atoms with van der Waals surface area (Å²) in [7, 11) is 1.71. The topological polar surface area (TPSA) is 89.9 Å². The molecule has 0 aliphatic heterocycles. The molecular weight excluding hydrogens is 387 g/mol. The molecule has 0 bridgehead atoms. The van der Waals surface area contributed by atoms with Crippen LogP contribution in [0.2, 0.25) is 0 Å². The average Bonchev–Trinajstić information content (AvgIpc) is 3.44. The summed E-state index contributed by atoms with van der Waals surface area (Å²) in [5, 5.41) is 12.2. The van der Waals surface area contributed by atoms with Crippen molar-refractivity contribution in [3.05, 3.63) is 77.6 Å². The number of benzene rings is 2. The lowest BCUT2D eigenvalue weighted by atomic mass is 10.1. The van der Waals surface area contributed by atoms with E-state index >= 15 is 0 Å². The van der Waals surface area contributed by atoms with Gasteiger partial charge in [0.25, 0.3) is 11.8 Å². The maximum absolute atomic E-state index is 13.1. The molecule has 1 amide bonds. The summed E-state index contributed by atoms with van der Waals surface area (Å²) in [5.74, 6) is 0.282. The first-order valence-corrected chi connectivity index (χ1v) is 9.32. The molecule has 0 fully saturated rings. The van der Waals surface area contributed by atoms with Crippen LogP contribution < -0.4 is 0 Å². The molecule has 0 N–H and O–H groups in total. The molecule has 4 rings (SSSR count). The van der Waals surface area contributed by atoms with Gasteiger partial charge in [-0.2, -0.15) is 20.0 Å². The Morgan fingerprint density at radius 2 is 1.87 bits per heavy atom. The number of carbonyl (C=O) groups excluding carboxylic acids is 1. The van der Waals surface area contributed by atoms with Gasteiger partial charge in [0.1, 0.15) is 5.82 Å². The molecule has 0 aliphatic rings. The Hall–Kier alpha value is -3.88. The van der Waals surface area contributed by atoms with E-state index in [4.69, 9.17) is 4.52 Å². The summed E-state index contributed by atoms with van der Waals surface area (Å²) in [6.45, 7) is 2.31. The van der Waals surface area contributed by atoms with E-state index in [1.807, 2.05) is 25.1 Å². The largest absolute Gasteiger partial charge is 0.341 e. The average molecular weight is 406 g/mol. The van der Waals surface area contributed by atoms with Gasteiger partial charge < -0.3 is 9.42 Å². The monoisotopic (exact) mass is 406 g/mol. The zero-order valence-corrected chi connectivity index (χ0v) is 16.5. The number of amides is 1. The van der Waals surface area contributed by atoms with E-state index < -0.39 is 0 Å². The van der Waals surface area contributed by atoms with E-state index in [9.17, 15) is 9.18 Å². The number of rotatable bonds is 6. The molecule has 0 spiro atoms. The smallest absolute Gasteiger partial charge is 0.257 e. The van der Waals surface area contributed by atoms with E-state index in [0.717, 1.165) is 5.56 Å². The maximum atomic E-state index is 13.1. The van der Waals surface area contributed by atoms with Crippen LogP contribution in [0.15, 0.2) is 59.4 Å². The van der Waals surface area contributed by atoms with Crippen molar-refractivity contribution in [2.45, 2.75) is 13.3 Å². The van der Waals surface area contributed by atoms with Crippen molar-refractivity contribution in [1.82, 2.24) is 30.0 Å². The number of halogens is 1. The molecule has 0 radical (unpaired) electrons. The summed E-state index contributed by atoms with van der Waals surface area (Å²) in [6.07, 6.45) is 3.54. The minimum atomic E-state index is -0.334. The molecule has 0 saturated heterocycles. The van der Waals surface area contributed by atoms with Crippen molar-refractivity contribution >= 4 is 5.91 Å². The summed E-state index contributed by atoms with van der Waals surface area (Å²) in [4.78, 5) is 20.4. The van der Waals surface area contributed by atoms with Crippen LogP contribution >= 0.6 is 0 Å². The molecule has 9 heteroatoms. The van der Waals surface area contributed by atoms with Crippen molar-refractivity contribution < 1.29 is 13.7 Å². The Kier molecular flexibility index (Phi) is 5.34. The van der Waals surface area contributed by atoms with Crippen molar-refractivity contribution in [3.63, 3.8) is 0 Å². The fourth-order valence-electron chi connectivity index (χ4n) is 2.98. The van der Waals surface area contributed by atoms with Gasteiger partial charge in [-0.05, 0) is 43.3 Å². The summed E-state index contributed by atoms with van der Waals surface area (Å²) in [5.41, 5.74) is 2.72. The fraction of sp³-hybridized carbons (Fsp3) is 0.190. The molecule has 2 aromatic carbocycles. The fourth-order valence-corrected chi connectivity index (χ4v) is 2.98. The number of carbonyl (C=O) groups is 1. The predicted octanol–water partition coefficient (Wildman–Crippen LogP) is 3.08. The van der Waals surface area contributed by atoms with Crippen molar-refractivity contribution in [3.8, 4) is 17.1 Å². The van der Waals surface area contributed by atoms with Gasteiger partial charge >= 0.3 is 0 Å². The van der Waals surface area contributed by atoms with Crippen molar-refractivity contribution in [2.75, 3.05) is 13.6 Å². The molecule has 2 aromatic heterocycles. The van der Waals surface area contributed by atoms with Gasteiger partial charge in [-0.15, -0.1) is 0 Å². The van der Waals surface area contributed by atoms with Crippen LogP contribution in [0.5, 0.6) is 0 Å². The Balaban J connectivity index is 1.46. The molecule has 2 heterocycles. The highest BCUT2D eigenvalue weighted by Gasteiger charge is 2.19. The molecule has 0 aliphatic carbocycles. The van der Waals surface area contributed by atoms with Gasteiger partial charge in [0.2, 0.25) is 0 Å². The van der Waals surface area contributed by atoms with Gasteiger partial charge in [-0.1, -0.05) is 16.8 Å². The highest BCUT2D eigenvalue weighted by atomic mass is 19.1. The second-order valence-corrected chi connectivity index (χ2v) is 6.84. The summed E-state index contributed by atoms with van der Waals surface area (Å²) in [6, 6.07) is 11.4. The number of likely N-dealkylation sites (N-methyl/N-ethyl adjacent to an activating group) is 1. The Morgan fingerprint density at radius 3 is 2.60 bits per heavy atom. The Bertz CT molecular complexity index is 1150. The standard InChI is InChI=1S/C21H19FN6O2/c1-14-3-8-18(28-23-10-11-24-28)17(13-14)21(29)27(2)12-9-19-25-20(30-26-19)15-4-6-16(22)7-5-15/h3-8,10-11,13H,9,12H2,1-2H3. The van der Waals surface area contributed by atoms with E-state index in [2.05, 4.69) is 20.3 Å². The molecule has 152 valence electrons. The zero-order valence-electron chi connectivity index (χ0n) is 16.5. The van der Waals surface area contributed by atoms with Crippen LogP contribution in [0.3, 0.4) is 0 Å². The first-order valence-electron chi connectivity index (χ1n) is 9.32. The first kappa shape index (κ1) is 19.4. The van der Waals surface area contributed by atoms with E-state index in [0.29, 0.717) is 41.5 Å². The molecule has 30 heavy (non-hydrogen) atoms. The first-order chi connectivity index (χ1) is 14.5. The van der Waals surface area contributed by atoms with Crippen molar-refractivity contribution in [1.29, 1.82) is 0 Å². The minimum absolute atomic E-state index is 0.159. The number of aromatic nitrogens is 5. The third kappa shape index (κ3) is 4.09. The number of nitrogens with zero attached hydrogens (tertiary/aromatic N) is 6. The van der Waals surface area contributed by atoms with Crippen LogP contribution in [0.1, 0.15) is 21.7 Å². The minimum Gasteiger partial charge on any atom is -0.341 e. The predicted molar refractivity (Wildman–Crippen MR) is 106 cm³/mol. The second-order valence-electron chi connectivity index (χ2n) is 6.84. The van der Waals surface area contributed by atoms with Crippen LogP contribution in [0.25, 0.3) is 17.1 Å². The van der Waals surface area contributed by atoms with Gasteiger partial charge in [0.05, 0.1) is 23.6 Å². The molecule has 0 atom stereocenters. The van der Waals surface area contributed by atoms with Crippen LogP contribution in [-0.4, -0.2) is 49.5 Å². The molecule has 8 nitrogen and oxygen atoms in total. The molecule has 0 unspecified atom stereocenters. The van der Waals surface area contributed by atoms with Crippen LogP contribution in [0.4, 0.5) is 4.39 Å². The maximum Gasteiger partial charge on any atom is 0.257 e. The third-order valence-electron chi connectivity index (χ3n) is 4.59. The molecule has 0 saturated carbocycles. The normalized spacial score (nSPS) is 10.9. The van der Waals surface area contributed by atoms with E-state index in [1.54, 1.807) is 36.5 Å². The quantitative estimate of drug-likeness (QED) is 0.489. The van der Waals surface area contributed by atoms with Gasteiger partial charge in [0.15, 0.2) is 5.82 Å². The Labute approximate surface area is 171 Å². The molecule has 4 aromatic rings. The van der Waals surface area contributed by atoms with Gasteiger partial charge in [-0.25, -0.2) is 4.39 Å². The lowest BCUT2D eigenvalue weighted by Gasteiger charge is -2.18. The number of aryl methyl sites for hydroxylation is 1. The SMILES string of the molecule is Cc1ccc(-n2nccn2)c(C(=O)N(C)CCc2noc(-c3ccc(F)cc3)n2)c1. The summed E-state index contributed by atoms with van der Waals surface area (Å²) < 4.78 is 18.3. The number of hydrogen-bond acceptors (Lipinski definition) is 6. The second kappa shape index (κ2) is 8.24. The van der Waals surface area contributed by atoms with E-state index in [-0.39, 0.29) is 11.7 Å². The van der Waals surface area contributed by atoms with Gasteiger partial charge in [-0.3, -0.25) is 4.79 Å².